The van der Waals surface area contributed by atoms with Crippen molar-refractivity contribution < 1.29 is 9.53 Å². The molecule has 1 amide bonds. The quantitative estimate of drug-likeness (QED) is 0.488. The number of hydrazone groups is 1. The van der Waals surface area contributed by atoms with E-state index in [1.54, 1.807) is 48.7 Å². The number of anilines is 1. The van der Waals surface area contributed by atoms with Gasteiger partial charge < -0.3 is 15.9 Å². The highest BCUT2D eigenvalue weighted by molar-refractivity contribution is 5.90. The highest BCUT2D eigenvalue weighted by Crippen LogP contribution is 2.11. The normalized spacial score (nSPS) is 10.4. The van der Waals surface area contributed by atoms with Crippen molar-refractivity contribution in [2.24, 2.45) is 10.9 Å². The van der Waals surface area contributed by atoms with Gasteiger partial charge in [-0.3, -0.25) is 4.79 Å². The minimum absolute atomic E-state index is 0.0824. The summed E-state index contributed by atoms with van der Waals surface area (Å²) in [5.41, 5.74) is 0.859. The van der Waals surface area contributed by atoms with Gasteiger partial charge in [0, 0.05) is 6.20 Å². The lowest BCUT2D eigenvalue weighted by Gasteiger charge is -2.07. The first-order valence-electron chi connectivity index (χ1n) is 5.95. The highest BCUT2D eigenvalue weighted by Gasteiger charge is 2.04. The van der Waals surface area contributed by atoms with Crippen LogP contribution in [0.2, 0.25) is 0 Å². The molecule has 3 N–H and O–H groups in total. The number of hydrogen-bond acceptors (Lipinski definition) is 5. The average molecular weight is 270 g/mol. The van der Waals surface area contributed by atoms with Crippen molar-refractivity contribution in [3.05, 3.63) is 54.2 Å². The second kappa shape index (κ2) is 6.89. The Hall–Kier alpha value is -2.89. The number of nitrogens with two attached hydrogens (primary N) is 1. The molecule has 1 aromatic carbocycles. The first-order valence-corrected chi connectivity index (χ1v) is 5.95. The number of rotatable bonds is 5. The van der Waals surface area contributed by atoms with Gasteiger partial charge in [0.2, 0.25) is 0 Å². The largest absolute Gasteiger partial charge is 0.484 e. The Bertz CT molecular complexity index is 582. The minimum atomic E-state index is -0.267. The second-order valence-electron chi connectivity index (χ2n) is 3.90. The maximum Gasteiger partial charge on any atom is 0.263 e. The topological polar surface area (TPSA) is 89.6 Å². The zero-order valence-corrected chi connectivity index (χ0v) is 10.7. The van der Waals surface area contributed by atoms with Gasteiger partial charge in [0.15, 0.2) is 6.61 Å². The van der Waals surface area contributed by atoms with E-state index >= 15 is 0 Å². The molecule has 0 aliphatic carbocycles. The van der Waals surface area contributed by atoms with Crippen molar-refractivity contribution in [3.63, 3.8) is 0 Å². The third-order valence-electron chi connectivity index (χ3n) is 2.41. The average Bonchev–Trinajstić information content (AvgIpc) is 2.48. The third kappa shape index (κ3) is 4.09. The van der Waals surface area contributed by atoms with Crippen molar-refractivity contribution in [1.29, 1.82) is 0 Å². The van der Waals surface area contributed by atoms with E-state index in [2.05, 4.69) is 15.4 Å². The molecule has 0 radical (unpaired) electrons. The number of benzene rings is 1. The lowest BCUT2D eigenvalue weighted by atomic mass is 10.2. The number of aromatic nitrogens is 1. The Morgan fingerprint density at radius 1 is 1.30 bits per heavy atom. The summed E-state index contributed by atoms with van der Waals surface area (Å²) in [6, 6.07) is 12.3. The molecular formula is C14H14N4O2. The molecule has 0 saturated carbocycles. The summed E-state index contributed by atoms with van der Waals surface area (Å²) in [5.74, 6) is 5.87. The van der Waals surface area contributed by atoms with Crippen LogP contribution >= 0.6 is 0 Å². The Morgan fingerprint density at radius 2 is 2.10 bits per heavy atom. The number of carbonyl (C=O) groups excluding carboxylic acids is 1. The van der Waals surface area contributed by atoms with E-state index < -0.39 is 0 Å². The summed E-state index contributed by atoms with van der Waals surface area (Å²) in [4.78, 5) is 15.6. The van der Waals surface area contributed by atoms with Crippen LogP contribution in [0.25, 0.3) is 0 Å². The fourth-order valence-corrected chi connectivity index (χ4v) is 1.50. The molecule has 2 aromatic rings. The number of ether oxygens (including phenoxy) is 1. The summed E-state index contributed by atoms with van der Waals surface area (Å²) in [6.45, 7) is -0.0824. The number of carbonyl (C=O) groups is 1. The molecule has 102 valence electrons. The molecule has 0 saturated heterocycles. The van der Waals surface area contributed by atoms with Crippen LogP contribution in [-0.4, -0.2) is 23.7 Å². The summed E-state index contributed by atoms with van der Waals surface area (Å²) in [5, 5.41) is 6.05. The van der Waals surface area contributed by atoms with Crippen LogP contribution in [-0.2, 0) is 4.79 Å². The Morgan fingerprint density at radius 3 is 2.75 bits per heavy atom. The van der Waals surface area contributed by atoms with Gasteiger partial charge in [-0.1, -0.05) is 6.07 Å². The molecule has 2 rings (SSSR count). The Balaban J connectivity index is 1.84. The van der Waals surface area contributed by atoms with Crippen LogP contribution in [0.4, 0.5) is 5.82 Å². The maximum atomic E-state index is 11.6. The molecule has 0 fully saturated rings. The van der Waals surface area contributed by atoms with Crippen LogP contribution in [0.3, 0.4) is 0 Å². The number of nitrogens with one attached hydrogen (secondary N) is 1. The fraction of sp³-hybridized carbons (Fsp3) is 0.0714. The molecule has 1 heterocycles. The number of nitrogens with zero attached hydrogens (tertiary/aromatic N) is 2. The predicted molar refractivity (Wildman–Crippen MR) is 76.6 cm³/mol. The fourth-order valence-electron chi connectivity index (χ4n) is 1.50. The van der Waals surface area contributed by atoms with E-state index in [-0.39, 0.29) is 12.5 Å². The van der Waals surface area contributed by atoms with Crippen LogP contribution in [0.1, 0.15) is 5.56 Å². The Kier molecular flexibility index (Phi) is 4.66. The first-order chi connectivity index (χ1) is 9.78. The summed E-state index contributed by atoms with van der Waals surface area (Å²) >= 11 is 0. The van der Waals surface area contributed by atoms with Gasteiger partial charge in [-0.05, 0) is 42.0 Å². The molecule has 20 heavy (non-hydrogen) atoms. The van der Waals surface area contributed by atoms with E-state index in [1.165, 1.54) is 6.21 Å². The van der Waals surface area contributed by atoms with Crippen molar-refractivity contribution in [1.82, 2.24) is 4.98 Å². The Labute approximate surface area is 116 Å². The zero-order chi connectivity index (χ0) is 14.2. The minimum Gasteiger partial charge on any atom is -0.484 e. The van der Waals surface area contributed by atoms with E-state index in [0.717, 1.165) is 5.56 Å². The lowest BCUT2D eigenvalue weighted by molar-refractivity contribution is -0.118. The molecule has 0 unspecified atom stereocenters. The first kappa shape index (κ1) is 13.5. The van der Waals surface area contributed by atoms with Gasteiger partial charge in [-0.15, -0.1) is 0 Å². The molecule has 0 spiro atoms. The molecule has 6 nitrogen and oxygen atoms in total. The molecule has 0 aliphatic heterocycles. The van der Waals surface area contributed by atoms with Gasteiger partial charge in [-0.2, -0.15) is 5.10 Å². The van der Waals surface area contributed by atoms with Crippen molar-refractivity contribution in [2.45, 2.75) is 0 Å². The third-order valence-corrected chi connectivity index (χ3v) is 2.41. The summed E-state index contributed by atoms with van der Waals surface area (Å²) < 4.78 is 5.36. The van der Waals surface area contributed by atoms with Gasteiger partial charge >= 0.3 is 0 Å². The maximum absolute atomic E-state index is 11.6. The van der Waals surface area contributed by atoms with Gasteiger partial charge in [0.05, 0.1) is 6.21 Å². The summed E-state index contributed by atoms with van der Waals surface area (Å²) in [6.07, 6.45) is 3.13. The van der Waals surface area contributed by atoms with Crippen LogP contribution in [0.5, 0.6) is 5.75 Å². The predicted octanol–water partition coefficient (Wildman–Crippen LogP) is 1.39. The van der Waals surface area contributed by atoms with Crippen molar-refractivity contribution >= 4 is 17.9 Å². The standard InChI is InChI=1S/C14H14N4O2/c15-17-9-11-4-6-12(7-5-11)20-10-14(19)18-13-3-1-2-8-16-13/h1-9H,10,15H2,(H,16,18,19). The molecular weight excluding hydrogens is 256 g/mol. The van der Waals surface area contributed by atoms with Crippen LogP contribution < -0.4 is 15.9 Å². The van der Waals surface area contributed by atoms with Crippen LogP contribution in [0, 0.1) is 0 Å². The number of hydrogen-bond donors (Lipinski definition) is 2. The van der Waals surface area contributed by atoms with E-state index in [1.807, 2.05) is 0 Å². The molecule has 0 bridgehead atoms. The monoisotopic (exact) mass is 270 g/mol. The van der Waals surface area contributed by atoms with E-state index in [4.69, 9.17) is 10.6 Å². The smallest absolute Gasteiger partial charge is 0.263 e. The lowest BCUT2D eigenvalue weighted by Crippen LogP contribution is -2.20. The molecule has 0 aliphatic rings. The molecule has 6 heteroatoms. The van der Waals surface area contributed by atoms with E-state index in [0.29, 0.717) is 11.6 Å². The zero-order valence-electron chi connectivity index (χ0n) is 10.7. The van der Waals surface area contributed by atoms with Gasteiger partial charge in [-0.25, -0.2) is 4.98 Å². The SMILES string of the molecule is NN=Cc1ccc(OCC(=O)Nc2ccccn2)cc1. The summed E-state index contributed by atoms with van der Waals surface area (Å²) in [7, 11) is 0. The molecule has 1 aromatic heterocycles. The van der Waals surface area contributed by atoms with Gasteiger partial charge in [0.25, 0.3) is 5.91 Å². The van der Waals surface area contributed by atoms with Gasteiger partial charge in [0.1, 0.15) is 11.6 Å². The van der Waals surface area contributed by atoms with Crippen molar-refractivity contribution in [2.75, 3.05) is 11.9 Å². The number of pyridine rings is 1. The van der Waals surface area contributed by atoms with E-state index in [9.17, 15) is 4.79 Å². The molecule has 0 atom stereocenters. The van der Waals surface area contributed by atoms with Crippen LogP contribution in [0.15, 0.2) is 53.8 Å². The number of amides is 1. The van der Waals surface area contributed by atoms with Crippen molar-refractivity contribution in [3.8, 4) is 5.75 Å². The second-order valence-corrected chi connectivity index (χ2v) is 3.90. The highest BCUT2D eigenvalue weighted by atomic mass is 16.5.